The molecule has 0 unspecified atom stereocenters. The van der Waals surface area contributed by atoms with Gasteiger partial charge in [-0.25, -0.2) is 0 Å². The monoisotopic (exact) mass is 548 g/mol. The van der Waals surface area contributed by atoms with E-state index >= 15 is 0 Å². The van der Waals surface area contributed by atoms with E-state index in [2.05, 4.69) is 20.8 Å². The van der Waals surface area contributed by atoms with Crippen molar-refractivity contribution in [2.24, 2.45) is 46.3 Å². The van der Waals surface area contributed by atoms with Crippen LogP contribution in [0.1, 0.15) is 99.8 Å². The molecule has 4 aliphatic carbocycles. The lowest BCUT2D eigenvalue weighted by atomic mass is 9.43. The first-order valence-electron chi connectivity index (χ1n) is 14.9. The molecule has 4 fully saturated rings. The van der Waals surface area contributed by atoms with Crippen LogP contribution in [0.25, 0.3) is 0 Å². The largest absolute Gasteiger partial charge is 0.466 e. The number of fused-ring (bicyclic) bond motifs is 5. The van der Waals surface area contributed by atoms with Crippen LogP contribution in [0.5, 0.6) is 0 Å². The number of carbonyl (C=O) groups excluding carboxylic acids is 4. The van der Waals surface area contributed by atoms with Gasteiger partial charge in [-0.05, 0) is 85.9 Å². The van der Waals surface area contributed by atoms with Gasteiger partial charge in [0, 0.05) is 39.5 Å². The topological polar surface area (TPSA) is 105 Å². The highest BCUT2D eigenvalue weighted by Crippen LogP contribution is 2.69. The Morgan fingerprint density at radius 2 is 1.31 bits per heavy atom. The van der Waals surface area contributed by atoms with E-state index in [0.717, 1.165) is 44.9 Å². The molecule has 0 N–H and O–H groups in total. The molecule has 220 valence electrons. The summed E-state index contributed by atoms with van der Waals surface area (Å²) in [7, 11) is 0. The summed E-state index contributed by atoms with van der Waals surface area (Å²) in [6, 6.07) is 0. The van der Waals surface area contributed by atoms with Crippen LogP contribution in [-0.4, -0.2) is 48.8 Å². The normalized spacial score (nSPS) is 41.7. The van der Waals surface area contributed by atoms with Gasteiger partial charge in [0.2, 0.25) is 0 Å². The molecule has 39 heavy (non-hydrogen) atoms. The predicted octanol–water partition coefficient (Wildman–Crippen LogP) is 5.25. The van der Waals surface area contributed by atoms with Crippen molar-refractivity contribution >= 4 is 23.9 Å². The Morgan fingerprint density at radius 3 is 1.92 bits per heavy atom. The van der Waals surface area contributed by atoms with Crippen molar-refractivity contribution < 1.29 is 38.1 Å². The third kappa shape index (κ3) is 5.72. The number of ether oxygens (including phenoxy) is 4. The zero-order valence-electron chi connectivity index (χ0n) is 24.8. The standard InChI is InChI=1S/C31H48O8/c1-17(12-15-36-18(2)32)23-8-9-24-27-25(11-14-30(23,24)6)31(7)13-10-22(37-19(3)33)16-26(31)28(38-20(4)34)29(27)39-21(5)35/h17,22-29H,8-16H2,1-7H3/t17-,22+,23-,24+,25+,26-,27+,28-,29-,30-,31-/m1/s1. The first-order chi connectivity index (χ1) is 18.3. The second-order valence-electron chi connectivity index (χ2n) is 13.4. The molecule has 0 spiro atoms. The van der Waals surface area contributed by atoms with Crippen LogP contribution in [-0.2, 0) is 38.1 Å². The molecule has 8 nitrogen and oxygen atoms in total. The maximum Gasteiger partial charge on any atom is 0.303 e. The Bertz CT molecular complexity index is 962. The van der Waals surface area contributed by atoms with Crippen molar-refractivity contribution in [1.29, 1.82) is 0 Å². The molecule has 0 bridgehead atoms. The minimum Gasteiger partial charge on any atom is -0.466 e. The fourth-order valence-corrected chi connectivity index (χ4v) is 9.75. The summed E-state index contributed by atoms with van der Waals surface area (Å²) in [6.07, 6.45) is 6.05. The van der Waals surface area contributed by atoms with E-state index in [1.54, 1.807) is 0 Å². The van der Waals surface area contributed by atoms with Gasteiger partial charge in [-0.2, -0.15) is 0 Å². The van der Waals surface area contributed by atoms with E-state index in [1.807, 2.05) is 0 Å². The smallest absolute Gasteiger partial charge is 0.303 e. The summed E-state index contributed by atoms with van der Waals surface area (Å²) < 4.78 is 23.1. The summed E-state index contributed by atoms with van der Waals surface area (Å²) in [5, 5.41) is 0. The lowest BCUT2D eigenvalue weighted by Crippen LogP contribution is -2.65. The average molecular weight is 549 g/mol. The second-order valence-corrected chi connectivity index (χ2v) is 13.4. The van der Waals surface area contributed by atoms with Gasteiger partial charge in [-0.3, -0.25) is 19.2 Å². The van der Waals surface area contributed by atoms with Crippen molar-refractivity contribution in [3.63, 3.8) is 0 Å². The zero-order chi connectivity index (χ0) is 28.7. The van der Waals surface area contributed by atoms with Crippen molar-refractivity contribution in [3.8, 4) is 0 Å². The fourth-order valence-electron chi connectivity index (χ4n) is 9.75. The van der Waals surface area contributed by atoms with Gasteiger partial charge in [-0.1, -0.05) is 20.8 Å². The summed E-state index contributed by atoms with van der Waals surface area (Å²) in [4.78, 5) is 48.1. The molecule has 11 atom stereocenters. The van der Waals surface area contributed by atoms with Gasteiger partial charge in [-0.15, -0.1) is 0 Å². The van der Waals surface area contributed by atoms with E-state index in [0.29, 0.717) is 36.7 Å². The molecule has 4 rings (SSSR count). The highest BCUT2D eigenvalue weighted by Gasteiger charge is 2.67. The third-order valence-corrected chi connectivity index (χ3v) is 11.2. The molecular formula is C31H48O8. The number of esters is 4. The first-order valence-corrected chi connectivity index (χ1v) is 14.9. The molecule has 0 aromatic heterocycles. The summed E-state index contributed by atoms with van der Waals surface area (Å²) in [6.45, 7) is 13.2. The Labute approximate surface area is 233 Å². The summed E-state index contributed by atoms with van der Waals surface area (Å²) in [5.74, 6) is 0.293. The molecule has 0 aliphatic heterocycles. The van der Waals surface area contributed by atoms with Crippen molar-refractivity contribution in [3.05, 3.63) is 0 Å². The molecule has 0 heterocycles. The van der Waals surface area contributed by atoms with Crippen LogP contribution in [0.3, 0.4) is 0 Å². The predicted molar refractivity (Wildman–Crippen MR) is 143 cm³/mol. The van der Waals surface area contributed by atoms with Crippen molar-refractivity contribution in [1.82, 2.24) is 0 Å². The highest BCUT2D eigenvalue weighted by atomic mass is 16.6. The Hall–Kier alpha value is -2.12. The second kappa shape index (κ2) is 11.4. The first kappa shape index (κ1) is 29.9. The van der Waals surface area contributed by atoms with Crippen LogP contribution in [0.4, 0.5) is 0 Å². The number of carbonyl (C=O) groups is 4. The maximum absolute atomic E-state index is 12.5. The maximum atomic E-state index is 12.5. The van der Waals surface area contributed by atoms with Crippen LogP contribution >= 0.6 is 0 Å². The van der Waals surface area contributed by atoms with Crippen LogP contribution in [0, 0.1) is 46.3 Å². The van der Waals surface area contributed by atoms with Gasteiger partial charge < -0.3 is 18.9 Å². The molecule has 0 amide bonds. The van der Waals surface area contributed by atoms with Gasteiger partial charge in [0.15, 0.2) is 0 Å². The van der Waals surface area contributed by atoms with Gasteiger partial charge in [0.1, 0.15) is 18.3 Å². The quantitative estimate of drug-likeness (QED) is 0.314. The van der Waals surface area contributed by atoms with Crippen molar-refractivity contribution in [2.75, 3.05) is 6.61 Å². The van der Waals surface area contributed by atoms with Crippen LogP contribution < -0.4 is 0 Å². The summed E-state index contributed by atoms with van der Waals surface area (Å²) in [5.41, 5.74) is -0.0490. The molecule has 0 saturated heterocycles. The highest BCUT2D eigenvalue weighted by molar-refractivity contribution is 5.68. The van der Waals surface area contributed by atoms with Crippen molar-refractivity contribution in [2.45, 2.75) is 118 Å². The average Bonchev–Trinajstić information content (AvgIpc) is 3.18. The Kier molecular flexibility index (Phi) is 8.73. The van der Waals surface area contributed by atoms with Gasteiger partial charge in [0.25, 0.3) is 0 Å². The minimum absolute atomic E-state index is 0.0608. The van der Waals surface area contributed by atoms with Gasteiger partial charge >= 0.3 is 23.9 Å². The van der Waals surface area contributed by atoms with E-state index in [1.165, 1.54) is 27.7 Å². The SMILES string of the molecule is CC(=O)OCC[C@@H](C)[C@H]1CC[C@H]2[C@@H]3[C@@H](OC(C)=O)[C@H](OC(C)=O)[C@H]4C[C@@H](OC(C)=O)CC[C@]4(C)[C@H]3CC[C@]12C. The lowest BCUT2D eigenvalue weighted by molar-refractivity contribution is -0.242. The number of rotatable bonds is 7. The number of hydrogen-bond acceptors (Lipinski definition) is 8. The molecule has 4 saturated carbocycles. The van der Waals surface area contributed by atoms with Crippen LogP contribution in [0.2, 0.25) is 0 Å². The molecule has 4 aliphatic rings. The van der Waals surface area contributed by atoms with E-state index in [9.17, 15) is 19.2 Å². The number of hydrogen-bond donors (Lipinski definition) is 0. The Morgan fingerprint density at radius 1 is 0.718 bits per heavy atom. The molecule has 0 aromatic rings. The van der Waals surface area contributed by atoms with E-state index in [4.69, 9.17) is 18.9 Å². The molecule has 0 aromatic carbocycles. The third-order valence-electron chi connectivity index (χ3n) is 11.2. The lowest BCUT2D eigenvalue weighted by Gasteiger charge is -2.64. The van der Waals surface area contributed by atoms with E-state index < -0.39 is 12.2 Å². The molecule has 0 radical (unpaired) electrons. The van der Waals surface area contributed by atoms with E-state index in [-0.39, 0.29) is 52.6 Å². The fraction of sp³-hybridized carbons (Fsp3) is 0.871. The zero-order valence-corrected chi connectivity index (χ0v) is 24.8. The van der Waals surface area contributed by atoms with Gasteiger partial charge in [0.05, 0.1) is 6.61 Å². The Balaban J connectivity index is 1.68. The summed E-state index contributed by atoms with van der Waals surface area (Å²) >= 11 is 0. The minimum atomic E-state index is -0.571. The van der Waals surface area contributed by atoms with Crippen LogP contribution in [0.15, 0.2) is 0 Å². The molecular weight excluding hydrogens is 500 g/mol. The molecule has 8 heteroatoms.